The number of rotatable bonds is 2. The monoisotopic (exact) mass is 267 g/mol. The number of ether oxygens (including phenoxy) is 2. The number of hydrogen-bond acceptors (Lipinski definition) is 3. The lowest BCUT2D eigenvalue weighted by atomic mass is 10.2. The molecule has 96 valence electrons. The normalized spacial score (nSPS) is 19.2. The van der Waals surface area contributed by atoms with Crippen LogP contribution in [0, 0.1) is 0 Å². The Balaban J connectivity index is 1.80. The predicted molar refractivity (Wildman–Crippen MR) is 68.2 cm³/mol. The molecule has 1 spiro atoms. The van der Waals surface area contributed by atoms with E-state index >= 15 is 0 Å². The summed E-state index contributed by atoms with van der Waals surface area (Å²) in [6, 6.07) is 5.40. The first-order valence-corrected chi connectivity index (χ1v) is 6.62. The number of nitrogens with one attached hydrogen (secondary N) is 1. The van der Waals surface area contributed by atoms with Crippen molar-refractivity contribution < 1.29 is 14.3 Å². The molecule has 1 aliphatic heterocycles. The molecule has 0 atom stereocenters. The van der Waals surface area contributed by atoms with Crippen molar-refractivity contribution >= 4 is 23.2 Å². The standard InChI is InChI=1S/C13H14ClNO3/c14-8-12(16)15-9-3-4-10-11(7-9)18-13(17-10)5-1-2-6-13/h3-4,7H,1-2,5-6,8H2,(H,15,16). The molecular weight excluding hydrogens is 254 g/mol. The number of amides is 1. The zero-order valence-corrected chi connectivity index (χ0v) is 10.6. The Morgan fingerprint density at radius 1 is 1.28 bits per heavy atom. The van der Waals surface area contributed by atoms with Crippen molar-refractivity contribution in [2.45, 2.75) is 31.5 Å². The molecule has 5 heteroatoms. The molecule has 1 amide bonds. The van der Waals surface area contributed by atoms with Crippen molar-refractivity contribution in [3.63, 3.8) is 0 Å². The molecule has 0 aromatic heterocycles. The molecule has 0 bridgehead atoms. The smallest absolute Gasteiger partial charge is 0.251 e. The second-order valence-corrected chi connectivity index (χ2v) is 4.93. The third-order valence-electron chi connectivity index (χ3n) is 3.31. The van der Waals surface area contributed by atoms with Gasteiger partial charge in [0.15, 0.2) is 11.5 Å². The summed E-state index contributed by atoms with van der Waals surface area (Å²) in [6.07, 6.45) is 4.10. The average Bonchev–Trinajstić information content (AvgIpc) is 2.95. The van der Waals surface area contributed by atoms with E-state index in [-0.39, 0.29) is 11.8 Å². The summed E-state index contributed by atoms with van der Waals surface area (Å²) in [7, 11) is 0. The van der Waals surface area contributed by atoms with Crippen LogP contribution in [0.2, 0.25) is 0 Å². The van der Waals surface area contributed by atoms with Crippen molar-refractivity contribution in [1.82, 2.24) is 0 Å². The second-order valence-electron chi connectivity index (χ2n) is 4.67. The Labute approximate surface area is 110 Å². The highest BCUT2D eigenvalue weighted by molar-refractivity contribution is 6.29. The molecule has 0 saturated heterocycles. The number of carbonyl (C=O) groups is 1. The van der Waals surface area contributed by atoms with Crippen molar-refractivity contribution in [1.29, 1.82) is 0 Å². The summed E-state index contributed by atoms with van der Waals surface area (Å²) in [5, 5.41) is 2.69. The molecule has 2 aliphatic rings. The maximum absolute atomic E-state index is 11.2. The summed E-state index contributed by atoms with van der Waals surface area (Å²) in [5.41, 5.74) is 0.679. The van der Waals surface area contributed by atoms with Crippen molar-refractivity contribution in [3.8, 4) is 11.5 Å². The minimum absolute atomic E-state index is 0.0572. The number of hydrogen-bond donors (Lipinski definition) is 1. The molecule has 1 N–H and O–H groups in total. The SMILES string of the molecule is O=C(CCl)Nc1ccc2c(c1)OC1(CCCC1)O2. The maximum Gasteiger partial charge on any atom is 0.251 e. The van der Waals surface area contributed by atoms with Crippen molar-refractivity contribution in [3.05, 3.63) is 18.2 Å². The van der Waals surface area contributed by atoms with Crippen LogP contribution in [0.3, 0.4) is 0 Å². The lowest BCUT2D eigenvalue weighted by Gasteiger charge is -2.21. The molecule has 0 unspecified atom stereocenters. The number of halogens is 1. The molecule has 1 saturated carbocycles. The van der Waals surface area contributed by atoms with E-state index in [2.05, 4.69) is 5.32 Å². The van der Waals surface area contributed by atoms with Gasteiger partial charge in [0.25, 0.3) is 5.79 Å². The third-order valence-corrected chi connectivity index (χ3v) is 3.55. The van der Waals surface area contributed by atoms with Crippen LogP contribution >= 0.6 is 11.6 Å². The van der Waals surface area contributed by atoms with Gasteiger partial charge in [-0.1, -0.05) is 0 Å². The number of anilines is 1. The molecule has 1 heterocycles. The van der Waals surface area contributed by atoms with Gasteiger partial charge in [-0.15, -0.1) is 11.6 Å². The van der Waals surface area contributed by atoms with Crippen LogP contribution in [0.25, 0.3) is 0 Å². The highest BCUT2D eigenvalue weighted by Crippen LogP contribution is 2.47. The first-order valence-electron chi connectivity index (χ1n) is 6.09. The van der Waals surface area contributed by atoms with Crippen LogP contribution in [-0.2, 0) is 4.79 Å². The molecule has 0 radical (unpaired) electrons. The average molecular weight is 268 g/mol. The number of fused-ring (bicyclic) bond motifs is 1. The molecule has 1 aromatic carbocycles. The Kier molecular flexibility index (Phi) is 2.82. The van der Waals surface area contributed by atoms with E-state index in [9.17, 15) is 4.79 Å². The second kappa shape index (κ2) is 4.35. The van der Waals surface area contributed by atoms with Crippen LogP contribution < -0.4 is 14.8 Å². The minimum Gasteiger partial charge on any atom is -0.448 e. The predicted octanol–water partition coefficient (Wildman–Crippen LogP) is 2.91. The minimum atomic E-state index is -0.461. The third kappa shape index (κ3) is 2.01. The van der Waals surface area contributed by atoms with Gasteiger partial charge in [0.1, 0.15) is 5.88 Å². The fourth-order valence-electron chi connectivity index (χ4n) is 2.48. The lowest BCUT2D eigenvalue weighted by molar-refractivity contribution is -0.113. The summed E-state index contributed by atoms with van der Waals surface area (Å²) in [4.78, 5) is 11.2. The number of alkyl halides is 1. The highest BCUT2D eigenvalue weighted by Gasteiger charge is 2.44. The quantitative estimate of drug-likeness (QED) is 0.838. The van der Waals surface area contributed by atoms with Gasteiger partial charge in [0.05, 0.1) is 0 Å². The molecule has 1 aromatic rings. The van der Waals surface area contributed by atoms with Crippen LogP contribution in [0.4, 0.5) is 5.69 Å². The number of benzene rings is 1. The van der Waals surface area contributed by atoms with Gasteiger partial charge in [0.2, 0.25) is 5.91 Å². The lowest BCUT2D eigenvalue weighted by Crippen LogP contribution is -2.34. The van der Waals surface area contributed by atoms with E-state index in [4.69, 9.17) is 21.1 Å². The molecule has 1 fully saturated rings. The Hall–Kier alpha value is -1.42. The summed E-state index contributed by atoms with van der Waals surface area (Å²) in [6.45, 7) is 0. The molecular formula is C13H14ClNO3. The van der Waals surface area contributed by atoms with E-state index in [1.165, 1.54) is 0 Å². The van der Waals surface area contributed by atoms with Gasteiger partial charge in [0, 0.05) is 24.6 Å². The summed E-state index contributed by atoms with van der Waals surface area (Å²) < 4.78 is 11.8. The van der Waals surface area contributed by atoms with Gasteiger partial charge in [-0.2, -0.15) is 0 Å². The van der Waals surface area contributed by atoms with Gasteiger partial charge in [-0.25, -0.2) is 0 Å². The molecule has 4 nitrogen and oxygen atoms in total. The highest BCUT2D eigenvalue weighted by atomic mass is 35.5. The Morgan fingerprint density at radius 3 is 2.72 bits per heavy atom. The van der Waals surface area contributed by atoms with E-state index in [1.807, 2.05) is 6.07 Å². The molecule has 18 heavy (non-hydrogen) atoms. The van der Waals surface area contributed by atoms with Crippen LogP contribution in [-0.4, -0.2) is 17.6 Å². The largest absolute Gasteiger partial charge is 0.448 e. The van der Waals surface area contributed by atoms with Gasteiger partial charge >= 0.3 is 0 Å². The van der Waals surface area contributed by atoms with E-state index < -0.39 is 5.79 Å². The van der Waals surface area contributed by atoms with Crippen molar-refractivity contribution in [2.75, 3.05) is 11.2 Å². The first kappa shape index (κ1) is 11.7. The van der Waals surface area contributed by atoms with E-state index in [0.29, 0.717) is 11.4 Å². The van der Waals surface area contributed by atoms with Gasteiger partial charge in [-0.3, -0.25) is 4.79 Å². The summed E-state index contributed by atoms with van der Waals surface area (Å²) in [5.74, 6) is 0.701. The van der Waals surface area contributed by atoms with Crippen LogP contribution in [0.15, 0.2) is 18.2 Å². The van der Waals surface area contributed by atoms with E-state index in [1.54, 1.807) is 12.1 Å². The Bertz CT molecular complexity index is 483. The zero-order valence-electron chi connectivity index (χ0n) is 9.87. The van der Waals surface area contributed by atoms with Gasteiger partial charge < -0.3 is 14.8 Å². The fourth-order valence-corrected chi connectivity index (χ4v) is 2.55. The molecule has 1 aliphatic carbocycles. The maximum atomic E-state index is 11.2. The summed E-state index contributed by atoms with van der Waals surface area (Å²) >= 11 is 5.45. The first-order chi connectivity index (χ1) is 8.71. The topological polar surface area (TPSA) is 47.6 Å². The Morgan fingerprint density at radius 2 is 2.00 bits per heavy atom. The van der Waals surface area contributed by atoms with Crippen molar-refractivity contribution in [2.24, 2.45) is 0 Å². The van der Waals surface area contributed by atoms with Gasteiger partial charge in [-0.05, 0) is 25.0 Å². The number of carbonyl (C=O) groups excluding carboxylic acids is 1. The molecule has 3 rings (SSSR count). The van der Waals surface area contributed by atoms with Crippen LogP contribution in [0.5, 0.6) is 11.5 Å². The van der Waals surface area contributed by atoms with E-state index in [0.717, 1.165) is 31.4 Å². The zero-order chi connectivity index (χ0) is 12.6. The fraction of sp³-hybridized carbons (Fsp3) is 0.462. The van der Waals surface area contributed by atoms with Crippen LogP contribution in [0.1, 0.15) is 25.7 Å².